The molecule has 0 aliphatic carbocycles. The maximum absolute atomic E-state index is 11.7. The van der Waals surface area contributed by atoms with E-state index in [2.05, 4.69) is 27.7 Å². The van der Waals surface area contributed by atoms with Crippen LogP contribution in [-0.2, 0) is 0 Å². The number of hydrogen-bond donors (Lipinski definition) is 3. The Hall–Kier alpha value is -1.59. The van der Waals surface area contributed by atoms with E-state index in [1.54, 1.807) is 6.92 Å². The highest BCUT2D eigenvalue weighted by atomic mass is 16.3. The van der Waals surface area contributed by atoms with E-state index in [0.717, 1.165) is 0 Å². The molecule has 1 aromatic rings. The van der Waals surface area contributed by atoms with Gasteiger partial charge in [-0.05, 0) is 33.0 Å². The molecule has 2 amide bonds. The third-order valence-corrected chi connectivity index (χ3v) is 3.11. The summed E-state index contributed by atoms with van der Waals surface area (Å²) in [7, 11) is 3.98. The van der Waals surface area contributed by atoms with Crippen molar-refractivity contribution in [1.29, 1.82) is 0 Å². The standard InChI is InChI=1S/C15H25N3O2/c1-12(19)9-10-16-15(20)17-11-14(18(2)3)13-7-5-4-6-8-13/h4-8,12,14,19H,9-11H2,1-3H3,(H2,16,17,20). The highest BCUT2D eigenvalue weighted by Crippen LogP contribution is 2.16. The molecule has 0 aliphatic heterocycles. The normalized spacial score (nSPS) is 13.8. The molecule has 5 nitrogen and oxygen atoms in total. The van der Waals surface area contributed by atoms with Crippen LogP contribution in [0.5, 0.6) is 0 Å². The molecule has 1 aromatic carbocycles. The van der Waals surface area contributed by atoms with Gasteiger partial charge in [0, 0.05) is 13.1 Å². The van der Waals surface area contributed by atoms with E-state index >= 15 is 0 Å². The summed E-state index contributed by atoms with van der Waals surface area (Å²) in [6, 6.07) is 10.0. The minimum atomic E-state index is -0.394. The molecule has 0 saturated heterocycles. The van der Waals surface area contributed by atoms with Gasteiger partial charge in [-0.1, -0.05) is 30.3 Å². The average molecular weight is 279 g/mol. The largest absolute Gasteiger partial charge is 0.393 e. The first-order valence-electron chi connectivity index (χ1n) is 6.92. The number of hydrogen-bond acceptors (Lipinski definition) is 3. The number of carbonyl (C=O) groups excluding carboxylic acids is 1. The first-order chi connectivity index (χ1) is 9.50. The highest BCUT2D eigenvalue weighted by Gasteiger charge is 2.14. The molecule has 0 radical (unpaired) electrons. The minimum absolute atomic E-state index is 0.138. The van der Waals surface area contributed by atoms with Crippen LogP contribution < -0.4 is 10.6 Å². The molecule has 1 rings (SSSR count). The predicted molar refractivity (Wildman–Crippen MR) is 80.6 cm³/mol. The number of amides is 2. The second-order valence-electron chi connectivity index (χ2n) is 5.16. The van der Waals surface area contributed by atoms with E-state index in [1.165, 1.54) is 5.56 Å². The topological polar surface area (TPSA) is 64.6 Å². The number of nitrogens with zero attached hydrogens (tertiary/aromatic N) is 1. The molecule has 0 aromatic heterocycles. The third kappa shape index (κ3) is 6.04. The van der Waals surface area contributed by atoms with Gasteiger partial charge in [-0.2, -0.15) is 0 Å². The van der Waals surface area contributed by atoms with E-state index in [4.69, 9.17) is 5.11 Å². The van der Waals surface area contributed by atoms with Gasteiger partial charge in [0.15, 0.2) is 0 Å². The van der Waals surface area contributed by atoms with Gasteiger partial charge in [0.2, 0.25) is 0 Å². The molecule has 2 atom stereocenters. The van der Waals surface area contributed by atoms with Gasteiger partial charge in [0.05, 0.1) is 12.1 Å². The lowest BCUT2D eigenvalue weighted by molar-refractivity contribution is 0.183. The zero-order valence-corrected chi connectivity index (χ0v) is 12.5. The van der Waals surface area contributed by atoms with Crippen molar-refractivity contribution >= 4 is 6.03 Å². The monoisotopic (exact) mass is 279 g/mol. The quantitative estimate of drug-likeness (QED) is 0.706. The Morgan fingerprint density at radius 1 is 1.25 bits per heavy atom. The van der Waals surface area contributed by atoms with Crippen molar-refractivity contribution in [2.45, 2.75) is 25.5 Å². The van der Waals surface area contributed by atoms with Crippen molar-refractivity contribution in [2.24, 2.45) is 0 Å². The summed E-state index contributed by atoms with van der Waals surface area (Å²) < 4.78 is 0. The van der Waals surface area contributed by atoms with Crippen molar-refractivity contribution in [1.82, 2.24) is 15.5 Å². The Kier molecular flexibility index (Phi) is 7.04. The number of urea groups is 1. The van der Waals surface area contributed by atoms with Crippen LogP contribution in [0.1, 0.15) is 24.9 Å². The molecule has 0 aliphatic rings. The van der Waals surface area contributed by atoms with E-state index in [9.17, 15) is 4.79 Å². The van der Waals surface area contributed by atoms with E-state index in [0.29, 0.717) is 19.5 Å². The zero-order chi connectivity index (χ0) is 15.0. The molecule has 5 heteroatoms. The van der Waals surface area contributed by atoms with Crippen LogP contribution in [0.15, 0.2) is 30.3 Å². The number of aliphatic hydroxyl groups is 1. The predicted octanol–water partition coefficient (Wildman–Crippen LogP) is 1.36. The molecule has 2 unspecified atom stereocenters. The minimum Gasteiger partial charge on any atom is -0.393 e. The van der Waals surface area contributed by atoms with Crippen molar-refractivity contribution < 1.29 is 9.90 Å². The number of aliphatic hydroxyl groups excluding tert-OH is 1. The summed E-state index contributed by atoms with van der Waals surface area (Å²) in [5.41, 5.74) is 1.17. The Balaban J connectivity index is 2.42. The Morgan fingerprint density at radius 3 is 2.45 bits per heavy atom. The summed E-state index contributed by atoms with van der Waals surface area (Å²) in [6.45, 7) is 2.72. The van der Waals surface area contributed by atoms with Gasteiger partial charge in [0.1, 0.15) is 0 Å². The number of rotatable bonds is 7. The Labute approximate surface area is 121 Å². The molecule has 0 saturated carbocycles. The average Bonchev–Trinajstić information content (AvgIpc) is 2.39. The van der Waals surface area contributed by atoms with Gasteiger partial charge in [0.25, 0.3) is 0 Å². The van der Waals surface area contributed by atoms with E-state index < -0.39 is 6.10 Å². The summed E-state index contributed by atoms with van der Waals surface area (Å²) in [6.07, 6.45) is 0.164. The molecule has 0 fully saturated rings. The van der Waals surface area contributed by atoms with Crippen LogP contribution >= 0.6 is 0 Å². The molecule has 112 valence electrons. The van der Waals surface area contributed by atoms with Crippen molar-refractivity contribution in [3.05, 3.63) is 35.9 Å². The molecule has 0 spiro atoms. The number of likely N-dealkylation sites (N-methyl/N-ethyl adjacent to an activating group) is 1. The second kappa shape index (κ2) is 8.55. The maximum Gasteiger partial charge on any atom is 0.314 e. The van der Waals surface area contributed by atoms with E-state index in [-0.39, 0.29) is 12.1 Å². The van der Waals surface area contributed by atoms with Crippen LogP contribution in [0, 0.1) is 0 Å². The Morgan fingerprint density at radius 2 is 1.90 bits per heavy atom. The lowest BCUT2D eigenvalue weighted by atomic mass is 10.1. The lowest BCUT2D eigenvalue weighted by Crippen LogP contribution is -2.41. The first-order valence-corrected chi connectivity index (χ1v) is 6.92. The summed E-state index contributed by atoms with van der Waals surface area (Å²) >= 11 is 0. The summed E-state index contributed by atoms with van der Waals surface area (Å²) in [5, 5.41) is 14.7. The van der Waals surface area contributed by atoms with Crippen LogP contribution in [0.3, 0.4) is 0 Å². The first kappa shape index (κ1) is 16.5. The van der Waals surface area contributed by atoms with E-state index in [1.807, 2.05) is 32.3 Å². The van der Waals surface area contributed by atoms with Crippen LogP contribution in [0.4, 0.5) is 4.79 Å². The van der Waals surface area contributed by atoms with Crippen LogP contribution in [0.2, 0.25) is 0 Å². The molecular formula is C15H25N3O2. The summed E-state index contributed by atoms with van der Waals surface area (Å²) in [5.74, 6) is 0. The van der Waals surface area contributed by atoms with Crippen molar-refractivity contribution in [3.8, 4) is 0 Å². The summed E-state index contributed by atoms with van der Waals surface area (Å²) in [4.78, 5) is 13.7. The van der Waals surface area contributed by atoms with Crippen LogP contribution in [-0.4, -0.2) is 49.3 Å². The fourth-order valence-electron chi connectivity index (χ4n) is 1.92. The molecular weight excluding hydrogens is 254 g/mol. The smallest absolute Gasteiger partial charge is 0.314 e. The highest BCUT2D eigenvalue weighted by molar-refractivity contribution is 5.73. The maximum atomic E-state index is 11.7. The van der Waals surface area contributed by atoms with Crippen molar-refractivity contribution in [2.75, 3.05) is 27.2 Å². The lowest BCUT2D eigenvalue weighted by Gasteiger charge is -2.25. The molecule has 0 bridgehead atoms. The molecule has 0 heterocycles. The third-order valence-electron chi connectivity index (χ3n) is 3.11. The Bertz CT molecular complexity index is 393. The fourth-order valence-corrected chi connectivity index (χ4v) is 1.92. The van der Waals surface area contributed by atoms with Crippen molar-refractivity contribution in [3.63, 3.8) is 0 Å². The number of nitrogens with one attached hydrogen (secondary N) is 2. The SMILES string of the molecule is CC(O)CCNC(=O)NCC(c1ccccc1)N(C)C. The second-order valence-corrected chi connectivity index (χ2v) is 5.16. The number of benzene rings is 1. The van der Waals surface area contributed by atoms with Gasteiger partial charge in [-0.15, -0.1) is 0 Å². The van der Waals surface area contributed by atoms with Gasteiger partial charge < -0.3 is 20.6 Å². The fraction of sp³-hybridized carbons (Fsp3) is 0.533. The van der Waals surface area contributed by atoms with Gasteiger partial charge >= 0.3 is 6.03 Å². The van der Waals surface area contributed by atoms with Gasteiger partial charge in [-0.25, -0.2) is 4.79 Å². The van der Waals surface area contributed by atoms with Gasteiger partial charge in [-0.3, -0.25) is 0 Å². The molecule has 20 heavy (non-hydrogen) atoms. The van der Waals surface area contributed by atoms with Crippen LogP contribution in [0.25, 0.3) is 0 Å². The number of carbonyl (C=O) groups is 1. The molecule has 3 N–H and O–H groups in total. The zero-order valence-electron chi connectivity index (χ0n) is 12.5.